The van der Waals surface area contributed by atoms with Gasteiger partial charge >= 0.3 is 5.97 Å². The molecule has 1 aliphatic rings. The van der Waals surface area contributed by atoms with Crippen LogP contribution >= 0.6 is 0 Å². The Morgan fingerprint density at radius 3 is 1.77 bits per heavy atom. The molecule has 128 valence electrons. The highest BCUT2D eigenvalue weighted by Gasteiger charge is 2.49. The van der Waals surface area contributed by atoms with Crippen LogP contribution in [0.2, 0.25) is 0 Å². The van der Waals surface area contributed by atoms with Gasteiger partial charge < -0.3 is 9.84 Å². The van der Waals surface area contributed by atoms with Gasteiger partial charge in [0, 0.05) is 11.1 Å². The average molecular weight is 342 g/mol. The Hall–Kier alpha value is -3.17. The number of hydrogen-bond acceptors (Lipinski definition) is 3. The molecule has 1 unspecified atom stereocenters. The van der Waals surface area contributed by atoms with Gasteiger partial charge in [-0.3, -0.25) is 0 Å². The van der Waals surface area contributed by atoms with Crippen molar-refractivity contribution in [2.75, 3.05) is 6.61 Å². The van der Waals surface area contributed by atoms with Crippen molar-refractivity contribution in [2.45, 2.75) is 5.60 Å². The third-order valence-corrected chi connectivity index (χ3v) is 4.71. The van der Waals surface area contributed by atoms with Crippen LogP contribution < -0.4 is 0 Å². The molecular weight excluding hydrogens is 324 g/mol. The number of hydrogen-bond donors (Lipinski definition) is 1. The molecule has 3 nitrogen and oxygen atoms in total. The molecule has 0 aromatic heterocycles. The van der Waals surface area contributed by atoms with Crippen molar-refractivity contribution in [1.29, 1.82) is 0 Å². The first-order chi connectivity index (χ1) is 12.8. The number of ether oxygens (including phenoxy) is 1. The number of carbonyl (C=O) groups excluding carboxylic acids is 1. The van der Waals surface area contributed by atoms with E-state index in [1.807, 2.05) is 91.0 Å². The first-order valence-corrected chi connectivity index (χ1v) is 8.51. The van der Waals surface area contributed by atoms with E-state index in [0.29, 0.717) is 11.1 Å². The maximum Gasteiger partial charge on any atom is 0.340 e. The first-order valence-electron chi connectivity index (χ1n) is 8.51. The van der Waals surface area contributed by atoms with Crippen molar-refractivity contribution in [3.63, 3.8) is 0 Å². The molecule has 1 atom stereocenters. The van der Waals surface area contributed by atoms with Crippen LogP contribution in [0.15, 0.2) is 91.0 Å². The van der Waals surface area contributed by atoms with E-state index in [1.54, 1.807) is 0 Å². The SMILES string of the molecule is O=C1OC(CO)(c2ccccc2)C(c2ccccc2)=C1c1ccccc1. The van der Waals surface area contributed by atoms with Crippen LogP contribution in [0.1, 0.15) is 16.7 Å². The third kappa shape index (κ3) is 2.54. The molecule has 3 aromatic rings. The summed E-state index contributed by atoms with van der Waals surface area (Å²) in [5.74, 6) is -0.423. The zero-order chi connectivity index (χ0) is 18.0. The third-order valence-electron chi connectivity index (χ3n) is 4.71. The number of aliphatic hydroxyl groups excluding tert-OH is 1. The first kappa shape index (κ1) is 16.3. The Bertz CT molecular complexity index is 947. The van der Waals surface area contributed by atoms with E-state index in [0.717, 1.165) is 16.7 Å². The van der Waals surface area contributed by atoms with Crippen molar-refractivity contribution in [1.82, 2.24) is 0 Å². The molecule has 0 aliphatic carbocycles. The van der Waals surface area contributed by atoms with Crippen molar-refractivity contribution >= 4 is 17.1 Å². The highest BCUT2D eigenvalue weighted by Crippen LogP contribution is 2.49. The molecular formula is C23H18O3. The minimum atomic E-state index is -1.22. The van der Waals surface area contributed by atoms with E-state index in [9.17, 15) is 9.90 Å². The highest BCUT2D eigenvalue weighted by molar-refractivity contribution is 6.28. The van der Waals surface area contributed by atoms with Gasteiger partial charge in [-0.05, 0) is 11.1 Å². The summed E-state index contributed by atoms with van der Waals surface area (Å²) in [6, 6.07) is 28.5. The lowest BCUT2D eigenvalue weighted by atomic mass is 9.80. The molecule has 0 fully saturated rings. The highest BCUT2D eigenvalue weighted by atomic mass is 16.6. The molecule has 1 N–H and O–H groups in total. The molecule has 3 heteroatoms. The fourth-order valence-corrected chi connectivity index (χ4v) is 3.53. The lowest BCUT2D eigenvalue weighted by molar-refractivity contribution is -0.148. The summed E-state index contributed by atoms with van der Waals surface area (Å²) < 4.78 is 5.86. The minimum Gasteiger partial charge on any atom is -0.443 e. The minimum absolute atomic E-state index is 0.330. The van der Waals surface area contributed by atoms with Crippen LogP contribution in [0, 0.1) is 0 Å². The average Bonchev–Trinajstić information content (AvgIpc) is 3.03. The second-order valence-corrected chi connectivity index (χ2v) is 6.22. The van der Waals surface area contributed by atoms with Crippen LogP contribution in [-0.4, -0.2) is 17.7 Å². The van der Waals surface area contributed by atoms with Crippen molar-refractivity contribution in [3.05, 3.63) is 108 Å². The van der Waals surface area contributed by atoms with Crippen LogP contribution in [0.4, 0.5) is 0 Å². The second-order valence-electron chi connectivity index (χ2n) is 6.22. The topological polar surface area (TPSA) is 46.5 Å². The molecule has 1 heterocycles. The van der Waals surface area contributed by atoms with E-state index < -0.39 is 11.6 Å². The van der Waals surface area contributed by atoms with E-state index in [2.05, 4.69) is 0 Å². The predicted molar refractivity (Wildman–Crippen MR) is 101 cm³/mol. The summed E-state index contributed by atoms with van der Waals surface area (Å²) in [5.41, 5.74) is 2.36. The van der Waals surface area contributed by atoms with E-state index in [4.69, 9.17) is 4.74 Å². The molecule has 26 heavy (non-hydrogen) atoms. The van der Waals surface area contributed by atoms with Gasteiger partial charge in [0.2, 0.25) is 0 Å². The summed E-state index contributed by atoms with van der Waals surface area (Å²) in [5, 5.41) is 10.4. The van der Waals surface area contributed by atoms with E-state index in [1.165, 1.54) is 0 Å². The summed E-state index contributed by atoms with van der Waals surface area (Å²) in [4.78, 5) is 12.9. The van der Waals surface area contributed by atoms with Crippen LogP contribution in [0.3, 0.4) is 0 Å². The summed E-state index contributed by atoms with van der Waals surface area (Å²) in [7, 11) is 0. The summed E-state index contributed by atoms with van der Waals surface area (Å²) in [6.45, 7) is -0.330. The van der Waals surface area contributed by atoms with Gasteiger partial charge in [-0.15, -0.1) is 0 Å². The zero-order valence-electron chi connectivity index (χ0n) is 14.1. The lowest BCUT2D eigenvalue weighted by Gasteiger charge is -2.30. The van der Waals surface area contributed by atoms with Crippen molar-refractivity contribution in [2.24, 2.45) is 0 Å². The lowest BCUT2D eigenvalue weighted by Crippen LogP contribution is -2.33. The number of benzene rings is 3. The molecule has 0 bridgehead atoms. The fraction of sp³-hybridized carbons (Fsp3) is 0.0870. The number of rotatable bonds is 4. The molecule has 0 radical (unpaired) electrons. The second kappa shape index (κ2) is 6.62. The Morgan fingerprint density at radius 1 is 0.731 bits per heavy atom. The van der Waals surface area contributed by atoms with Gasteiger partial charge in [0.25, 0.3) is 0 Å². The molecule has 4 rings (SSSR count). The number of esters is 1. The van der Waals surface area contributed by atoms with Gasteiger partial charge in [0.05, 0.1) is 12.2 Å². The fourth-order valence-electron chi connectivity index (χ4n) is 3.53. The molecule has 0 saturated heterocycles. The van der Waals surface area contributed by atoms with Crippen LogP contribution in [0.5, 0.6) is 0 Å². The van der Waals surface area contributed by atoms with Gasteiger partial charge in [-0.25, -0.2) is 4.79 Å². The predicted octanol–water partition coefficient (Wildman–Crippen LogP) is 4.04. The molecule has 0 amide bonds. The van der Waals surface area contributed by atoms with E-state index >= 15 is 0 Å². The number of cyclic esters (lactones) is 1. The molecule has 0 saturated carbocycles. The Balaban J connectivity index is 2.05. The van der Waals surface area contributed by atoms with E-state index in [-0.39, 0.29) is 6.61 Å². The summed E-state index contributed by atoms with van der Waals surface area (Å²) in [6.07, 6.45) is 0. The number of aliphatic hydroxyl groups is 1. The maximum atomic E-state index is 12.9. The van der Waals surface area contributed by atoms with Gasteiger partial charge in [0.15, 0.2) is 5.60 Å². The Morgan fingerprint density at radius 2 is 1.23 bits per heavy atom. The molecule has 0 spiro atoms. The zero-order valence-corrected chi connectivity index (χ0v) is 14.1. The molecule has 1 aliphatic heterocycles. The van der Waals surface area contributed by atoms with Crippen molar-refractivity contribution < 1.29 is 14.6 Å². The van der Waals surface area contributed by atoms with Crippen molar-refractivity contribution in [3.8, 4) is 0 Å². The Labute approximate surface area is 152 Å². The van der Waals surface area contributed by atoms with Crippen LogP contribution in [-0.2, 0) is 15.1 Å². The standard InChI is InChI=1S/C23H18O3/c24-16-23(19-14-8-3-9-15-19)21(18-12-6-2-7-13-18)20(22(25)26-23)17-10-4-1-5-11-17/h1-15,24H,16H2. The Kier molecular flexibility index (Phi) is 4.15. The molecule has 3 aromatic carbocycles. The quantitative estimate of drug-likeness (QED) is 0.728. The van der Waals surface area contributed by atoms with Crippen LogP contribution in [0.25, 0.3) is 11.1 Å². The summed E-state index contributed by atoms with van der Waals surface area (Å²) >= 11 is 0. The monoisotopic (exact) mass is 342 g/mol. The van der Waals surface area contributed by atoms with Gasteiger partial charge in [-0.1, -0.05) is 91.0 Å². The maximum absolute atomic E-state index is 12.9. The van der Waals surface area contributed by atoms with Gasteiger partial charge in [-0.2, -0.15) is 0 Å². The normalized spacial score (nSPS) is 19.5. The largest absolute Gasteiger partial charge is 0.443 e. The number of carbonyl (C=O) groups is 1. The smallest absolute Gasteiger partial charge is 0.340 e. The van der Waals surface area contributed by atoms with Gasteiger partial charge in [0.1, 0.15) is 0 Å².